The molecule has 5 heteroatoms. The molecule has 0 saturated heterocycles. The number of hydrogen-bond acceptors (Lipinski definition) is 3. The lowest BCUT2D eigenvalue weighted by molar-refractivity contribution is -0.120. The van der Waals surface area contributed by atoms with Crippen LogP contribution in [0.1, 0.15) is 19.5 Å². The van der Waals surface area contributed by atoms with Crippen LogP contribution in [-0.2, 0) is 4.79 Å². The maximum atomic E-state index is 11.4. The first-order valence-corrected chi connectivity index (χ1v) is 4.02. The number of rotatable bonds is 2. The van der Waals surface area contributed by atoms with Crippen LogP contribution in [0.5, 0.6) is 0 Å². The van der Waals surface area contributed by atoms with Gasteiger partial charge in [0, 0.05) is 11.8 Å². The molecule has 0 fully saturated rings. The number of anilines is 1. The molecule has 1 rings (SSSR count). The first-order chi connectivity index (χ1) is 5.89. The Kier molecular flexibility index (Phi) is 2.38. The van der Waals surface area contributed by atoms with Gasteiger partial charge in [0.15, 0.2) is 5.82 Å². The molecule has 13 heavy (non-hydrogen) atoms. The van der Waals surface area contributed by atoms with Crippen LogP contribution < -0.4 is 11.1 Å². The predicted octanol–water partition coefficient (Wildman–Crippen LogP) is 0.394. The Morgan fingerprint density at radius 3 is 2.69 bits per heavy atom. The van der Waals surface area contributed by atoms with Crippen molar-refractivity contribution in [1.82, 2.24) is 10.2 Å². The average molecular weight is 182 g/mol. The van der Waals surface area contributed by atoms with Crippen LogP contribution in [0.15, 0.2) is 6.07 Å². The van der Waals surface area contributed by atoms with E-state index in [1.165, 1.54) is 0 Å². The summed E-state index contributed by atoms with van der Waals surface area (Å²) in [7, 11) is 0. The summed E-state index contributed by atoms with van der Waals surface area (Å²) in [6.07, 6.45) is 0. The van der Waals surface area contributed by atoms with Crippen LogP contribution >= 0.6 is 0 Å². The molecule has 0 aliphatic rings. The van der Waals surface area contributed by atoms with E-state index < -0.39 is 5.54 Å². The highest BCUT2D eigenvalue weighted by atomic mass is 16.2. The van der Waals surface area contributed by atoms with Crippen molar-refractivity contribution in [2.45, 2.75) is 26.3 Å². The predicted molar refractivity (Wildman–Crippen MR) is 50.2 cm³/mol. The Labute approximate surface area is 76.7 Å². The normalized spacial score (nSPS) is 11.4. The zero-order chi connectivity index (χ0) is 10.1. The van der Waals surface area contributed by atoms with E-state index >= 15 is 0 Å². The number of carbonyl (C=O) groups excluding carboxylic acids is 1. The Hall–Kier alpha value is -1.36. The van der Waals surface area contributed by atoms with Gasteiger partial charge < -0.3 is 11.1 Å². The van der Waals surface area contributed by atoms with Crippen molar-refractivity contribution in [3.63, 3.8) is 0 Å². The third-order valence-electron chi connectivity index (χ3n) is 1.53. The molecule has 4 N–H and O–H groups in total. The minimum Gasteiger partial charge on any atom is -0.318 e. The molecule has 0 saturated carbocycles. The van der Waals surface area contributed by atoms with Gasteiger partial charge in [0.1, 0.15) is 0 Å². The van der Waals surface area contributed by atoms with E-state index in [0.29, 0.717) is 5.82 Å². The molecule has 1 amide bonds. The van der Waals surface area contributed by atoms with Gasteiger partial charge in [-0.1, -0.05) is 0 Å². The van der Waals surface area contributed by atoms with Gasteiger partial charge in [0.2, 0.25) is 5.91 Å². The number of carbonyl (C=O) groups is 1. The van der Waals surface area contributed by atoms with Crippen LogP contribution in [-0.4, -0.2) is 21.6 Å². The second kappa shape index (κ2) is 3.18. The highest BCUT2D eigenvalue weighted by Gasteiger charge is 2.22. The molecule has 0 aliphatic carbocycles. The van der Waals surface area contributed by atoms with Gasteiger partial charge in [-0.25, -0.2) is 0 Å². The molecular weight excluding hydrogens is 168 g/mol. The number of amides is 1. The van der Waals surface area contributed by atoms with E-state index in [-0.39, 0.29) is 5.91 Å². The van der Waals surface area contributed by atoms with Gasteiger partial charge in [0.25, 0.3) is 0 Å². The van der Waals surface area contributed by atoms with Crippen LogP contribution in [0.4, 0.5) is 5.82 Å². The Balaban J connectivity index is 2.65. The van der Waals surface area contributed by atoms with Gasteiger partial charge >= 0.3 is 0 Å². The van der Waals surface area contributed by atoms with Gasteiger partial charge in [-0.2, -0.15) is 5.10 Å². The number of H-pyrrole nitrogens is 1. The summed E-state index contributed by atoms with van der Waals surface area (Å²) >= 11 is 0. The van der Waals surface area contributed by atoms with E-state index in [1.807, 2.05) is 6.92 Å². The lowest BCUT2D eigenvalue weighted by Gasteiger charge is -2.16. The van der Waals surface area contributed by atoms with E-state index in [9.17, 15) is 4.79 Å². The van der Waals surface area contributed by atoms with Gasteiger partial charge in [-0.15, -0.1) is 0 Å². The zero-order valence-corrected chi connectivity index (χ0v) is 8.01. The fourth-order valence-electron chi connectivity index (χ4n) is 0.759. The highest BCUT2D eigenvalue weighted by Crippen LogP contribution is 2.06. The van der Waals surface area contributed by atoms with E-state index in [1.54, 1.807) is 19.9 Å². The summed E-state index contributed by atoms with van der Waals surface area (Å²) in [4.78, 5) is 11.4. The van der Waals surface area contributed by atoms with Gasteiger partial charge in [-0.3, -0.25) is 9.89 Å². The van der Waals surface area contributed by atoms with Crippen LogP contribution in [0, 0.1) is 6.92 Å². The Bertz CT molecular complexity index is 310. The average Bonchev–Trinajstić information content (AvgIpc) is 2.33. The van der Waals surface area contributed by atoms with E-state index in [0.717, 1.165) is 5.69 Å². The smallest absolute Gasteiger partial charge is 0.245 e. The maximum absolute atomic E-state index is 11.4. The first-order valence-electron chi connectivity index (χ1n) is 4.02. The second-order valence-corrected chi connectivity index (χ2v) is 3.61. The van der Waals surface area contributed by atoms with E-state index in [2.05, 4.69) is 15.5 Å². The fraction of sp³-hybridized carbons (Fsp3) is 0.500. The molecule has 0 aromatic carbocycles. The standard InChI is InChI=1S/C8H14N4O/c1-5-4-6(12-11-5)10-7(13)8(2,3)9/h4H,9H2,1-3H3,(H2,10,11,12,13). The minimum atomic E-state index is -0.882. The van der Waals surface area contributed by atoms with Crippen molar-refractivity contribution in [3.05, 3.63) is 11.8 Å². The molecule has 0 spiro atoms. The van der Waals surface area contributed by atoms with Crippen molar-refractivity contribution in [3.8, 4) is 0 Å². The van der Waals surface area contributed by atoms with Crippen molar-refractivity contribution in [2.24, 2.45) is 5.73 Å². The monoisotopic (exact) mass is 182 g/mol. The molecule has 72 valence electrons. The summed E-state index contributed by atoms with van der Waals surface area (Å²) in [5, 5.41) is 9.17. The zero-order valence-electron chi connectivity index (χ0n) is 8.01. The molecule has 0 atom stereocenters. The van der Waals surface area contributed by atoms with Gasteiger partial charge in [-0.05, 0) is 20.8 Å². The molecular formula is C8H14N4O. The number of aryl methyl sites for hydroxylation is 1. The number of aromatic nitrogens is 2. The molecule has 5 nitrogen and oxygen atoms in total. The molecule has 1 aromatic rings. The number of aromatic amines is 1. The van der Waals surface area contributed by atoms with Crippen LogP contribution in [0.25, 0.3) is 0 Å². The van der Waals surface area contributed by atoms with Crippen molar-refractivity contribution in [2.75, 3.05) is 5.32 Å². The molecule has 0 aliphatic heterocycles. The summed E-state index contributed by atoms with van der Waals surface area (Å²) in [6, 6.07) is 1.74. The summed E-state index contributed by atoms with van der Waals surface area (Å²) < 4.78 is 0. The molecule has 0 radical (unpaired) electrons. The molecule has 1 aromatic heterocycles. The van der Waals surface area contributed by atoms with Crippen LogP contribution in [0.3, 0.4) is 0 Å². The Morgan fingerprint density at radius 2 is 2.31 bits per heavy atom. The quantitative estimate of drug-likeness (QED) is 0.618. The topological polar surface area (TPSA) is 83.8 Å². The third-order valence-corrected chi connectivity index (χ3v) is 1.53. The molecule has 0 bridgehead atoms. The number of hydrogen-bond donors (Lipinski definition) is 3. The van der Waals surface area contributed by atoms with Gasteiger partial charge in [0.05, 0.1) is 5.54 Å². The van der Waals surface area contributed by atoms with Crippen LogP contribution in [0.2, 0.25) is 0 Å². The number of nitrogens with two attached hydrogens (primary N) is 1. The molecule has 1 heterocycles. The molecule has 0 unspecified atom stereocenters. The summed E-state index contributed by atoms with van der Waals surface area (Å²) in [6.45, 7) is 5.14. The van der Waals surface area contributed by atoms with E-state index in [4.69, 9.17) is 5.73 Å². The Morgan fingerprint density at radius 1 is 1.69 bits per heavy atom. The fourth-order valence-corrected chi connectivity index (χ4v) is 0.759. The van der Waals surface area contributed by atoms with Crippen molar-refractivity contribution in [1.29, 1.82) is 0 Å². The van der Waals surface area contributed by atoms with Crippen molar-refractivity contribution >= 4 is 11.7 Å². The lowest BCUT2D eigenvalue weighted by Crippen LogP contribution is -2.45. The highest BCUT2D eigenvalue weighted by molar-refractivity contribution is 5.96. The third kappa shape index (κ3) is 2.55. The number of nitrogens with zero attached hydrogens (tertiary/aromatic N) is 1. The second-order valence-electron chi connectivity index (χ2n) is 3.61. The summed E-state index contributed by atoms with van der Waals surface area (Å²) in [5.41, 5.74) is 5.60. The summed E-state index contributed by atoms with van der Waals surface area (Å²) in [5.74, 6) is 0.250. The maximum Gasteiger partial charge on any atom is 0.245 e. The first kappa shape index (κ1) is 9.73. The SMILES string of the molecule is Cc1cc(NC(=O)C(C)(C)N)n[nH]1. The lowest BCUT2D eigenvalue weighted by atomic mass is 10.1. The number of nitrogens with one attached hydrogen (secondary N) is 2. The largest absolute Gasteiger partial charge is 0.318 e. The minimum absolute atomic E-state index is 0.251. The van der Waals surface area contributed by atoms with Crippen molar-refractivity contribution < 1.29 is 4.79 Å².